The van der Waals surface area contributed by atoms with Crippen molar-refractivity contribution in [3.8, 4) is 0 Å². The highest BCUT2D eigenvalue weighted by atomic mass is 32.2. The molecule has 2 saturated heterocycles. The molecule has 156 valence electrons. The van der Waals surface area contributed by atoms with Crippen molar-refractivity contribution in [2.45, 2.75) is 56.2 Å². The van der Waals surface area contributed by atoms with Crippen LogP contribution in [0.3, 0.4) is 0 Å². The number of aliphatic hydroxyl groups is 1. The molecule has 8 heteroatoms. The Balaban J connectivity index is 1.60. The summed E-state index contributed by atoms with van der Waals surface area (Å²) in [5.74, 6) is -1.27. The van der Waals surface area contributed by atoms with E-state index in [-0.39, 0.29) is 24.4 Å². The first-order valence-corrected chi connectivity index (χ1v) is 11.5. The number of carbonyl (C=O) groups is 1. The highest BCUT2D eigenvalue weighted by Crippen LogP contribution is 2.42. The van der Waals surface area contributed by atoms with Gasteiger partial charge in [-0.2, -0.15) is 8.42 Å². The Hall–Kier alpha value is -1.48. The lowest BCUT2D eigenvalue weighted by Gasteiger charge is -2.47. The topological polar surface area (TPSA) is 101 Å². The maximum Gasteiger partial charge on any atom is 0.316 e. The van der Waals surface area contributed by atoms with Crippen molar-refractivity contribution < 1.29 is 32.1 Å². The van der Waals surface area contributed by atoms with Gasteiger partial charge in [0.1, 0.15) is 12.0 Å². The van der Waals surface area contributed by atoms with Crippen molar-refractivity contribution in [3.05, 3.63) is 35.9 Å². The van der Waals surface area contributed by atoms with Crippen molar-refractivity contribution >= 4 is 16.1 Å². The van der Waals surface area contributed by atoms with Crippen LogP contribution in [-0.4, -0.2) is 72.7 Å². The van der Waals surface area contributed by atoms with Crippen LogP contribution < -0.4 is 0 Å². The van der Waals surface area contributed by atoms with Crippen molar-refractivity contribution in [1.82, 2.24) is 0 Å². The van der Waals surface area contributed by atoms with Crippen LogP contribution in [-0.2, 0) is 19.6 Å². The van der Waals surface area contributed by atoms with E-state index in [1.165, 1.54) is 0 Å². The lowest BCUT2D eigenvalue weighted by Crippen LogP contribution is -2.59. The molecule has 0 spiro atoms. The maximum absolute atomic E-state index is 12.6. The zero-order valence-corrected chi connectivity index (χ0v) is 17.1. The van der Waals surface area contributed by atoms with Crippen LogP contribution in [0.25, 0.3) is 0 Å². The maximum atomic E-state index is 12.6. The summed E-state index contributed by atoms with van der Waals surface area (Å²) >= 11 is 0. The number of ether oxygens (including phenoxy) is 1. The number of quaternary nitrogens is 1. The summed E-state index contributed by atoms with van der Waals surface area (Å²) in [5.41, 5.74) is 0.750. The van der Waals surface area contributed by atoms with Gasteiger partial charge in [-0.1, -0.05) is 30.3 Å². The predicted octanol–water partition coefficient (Wildman–Crippen LogP) is 1.72. The first-order chi connectivity index (χ1) is 13.2. The van der Waals surface area contributed by atoms with E-state index in [4.69, 9.17) is 9.29 Å². The Morgan fingerprint density at radius 1 is 1.21 bits per heavy atom. The molecule has 3 unspecified atom stereocenters. The fraction of sp³-hybridized carbons (Fsp3) is 0.650. The number of esters is 1. The molecule has 0 aromatic heterocycles. The Bertz CT molecular complexity index is 767. The minimum Gasteiger partial charge on any atom is -0.461 e. The summed E-state index contributed by atoms with van der Waals surface area (Å²) < 4.78 is 37.6. The van der Waals surface area contributed by atoms with Crippen LogP contribution in [0.4, 0.5) is 0 Å². The monoisotopic (exact) mass is 412 g/mol. The second-order valence-corrected chi connectivity index (χ2v) is 9.84. The number of piperidine rings is 1. The highest BCUT2D eigenvalue weighted by Gasteiger charge is 2.52. The third kappa shape index (κ3) is 4.74. The number of nitrogens with zero attached hydrogens (tertiary/aromatic N) is 1. The molecule has 2 fully saturated rings. The van der Waals surface area contributed by atoms with Gasteiger partial charge in [-0.25, -0.2) is 0 Å². The molecule has 0 saturated carbocycles. The summed E-state index contributed by atoms with van der Waals surface area (Å²) in [6.45, 7) is 0.408. The van der Waals surface area contributed by atoms with Gasteiger partial charge in [0.2, 0.25) is 0 Å². The summed E-state index contributed by atoms with van der Waals surface area (Å²) in [6.07, 6.45) is 3.81. The fourth-order valence-corrected chi connectivity index (χ4v) is 5.48. The van der Waals surface area contributed by atoms with Gasteiger partial charge in [-0.05, 0) is 5.56 Å². The van der Waals surface area contributed by atoms with E-state index in [0.29, 0.717) is 25.0 Å². The summed E-state index contributed by atoms with van der Waals surface area (Å²) in [6, 6.07) is 9.81. The number of carbonyl (C=O) groups excluding carboxylic acids is 1. The molecule has 28 heavy (non-hydrogen) atoms. The molecular formula is C20H30NO6S+. The van der Waals surface area contributed by atoms with Crippen molar-refractivity contribution in [2.75, 3.05) is 26.0 Å². The lowest BCUT2D eigenvalue weighted by molar-refractivity contribution is -0.949. The molecule has 0 aliphatic carbocycles. The van der Waals surface area contributed by atoms with Crippen LogP contribution in [0.15, 0.2) is 30.3 Å². The lowest BCUT2D eigenvalue weighted by atomic mass is 9.95. The molecule has 1 aromatic carbocycles. The smallest absolute Gasteiger partial charge is 0.316 e. The molecule has 0 amide bonds. The van der Waals surface area contributed by atoms with Crippen LogP contribution in [0.5, 0.6) is 0 Å². The molecule has 2 aliphatic heterocycles. The molecule has 3 rings (SSSR count). The number of hydrogen-bond acceptors (Lipinski definition) is 5. The molecule has 2 bridgehead atoms. The zero-order valence-electron chi connectivity index (χ0n) is 16.2. The minimum atomic E-state index is -3.93. The first kappa shape index (κ1) is 21.2. The SMILES string of the molecule is C[N+]1(CCCS(=O)(=O)O)C2CCC1CC(OC(=O)C(CO)c1ccccc1)C2. The Morgan fingerprint density at radius 2 is 1.82 bits per heavy atom. The average molecular weight is 413 g/mol. The van der Waals surface area contributed by atoms with Gasteiger partial charge in [0.05, 0.1) is 38.0 Å². The average Bonchev–Trinajstić information content (AvgIpc) is 2.80. The Kier molecular flexibility index (Phi) is 6.44. The summed E-state index contributed by atoms with van der Waals surface area (Å²) in [5, 5.41) is 9.67. The van der Waals surface area contributed by atoms with E-state index < -0.39 is 16.0 Å². The van der Waals surface area contributed by atoms with Gasteiger partial charge in [-0.15, -0.1) is 0 Å². The number of hydrogen-bond donors (Lipinski definition) is 2. The third-order valence-corrected chi connectivity index (χ3v) is 7.37. The van der Waals surface area contributed by atoms with E-state index in [9.17, 15) is 18.3 Å². The molecular weight excluding hydrogens is 382 g/mol. The molecule has 2 N–H and O–H groups in total. The predicted molar refractivity (Wildman–Crippen MR) is 104 cm³/mol. The van der Waals surface area contributed by atoms with Crippen LogP contribution in [0.2, 0.25) is 0 Å². The van der Waals surface area contributed by atoms with Crippen molar-refractivity contribution in [3.63, 3.8) is 0 Å². The van der Waals surface area contributed by atoms with E-state index in [0.717, 1.165) is 35.7 Å². The molecule has 2 aliphatic rings. The van der Waals surface area contributed by atoms with Crippen LogP contribution >= 0.6 is 0 Å². The Labute approximate surface area is 166 Å². The second-order valence-electron chi connectivity index (χ2n) is 8.27. The van der Waals surface area contributed by atoms with Crippen molar-refractivity contribution in [1.29, 1.82) is 0 Å². The molecule has 0 radical (unpaired) electrons. The molecule has 7 nitrogen and oxygen atoms in total. The van der Waals surface area contributed by atoms with Gasteiger partial charge in [0, 0.05) is 32.1 Å². The van der Waals surface area contributed by atoms with Gasteiger partial charge >= 0.3 is 5.97 Å². The first-order valence-electron chi connectivity index (χ1n) is 9.89. The quantitative estimate of drug-likeness (QED) is 0.383. The Morgan fingerprint density at radius 3 is 2.36 bits per heavy atom. The van der Waals surface area contributed by atoms with Crippen LogP contribution in [0.1, 0.15) is 43.6 Å². The molecule has 1 aromatic rings. The minimum absolute atomic E-state index is 0.171. The van der Waals surface area contributed by atoms with Gasteiger partial charge < -0.3 is 14.3 Å². The van der Waals surface area contributed by atoms with Gasteiger partial charge in [0.25, 0.3) is 10.1 Å². The van der Waals surface area contributed by atoms with Crippen molar-refractivity contribution in [2.24, 2.45) is 0 Å². The number of rotatable bonds is 8. The van der Waals surface area contributed by atoms with E-state index in [1.54, 1.807) is 0 Å². The summed E-state index contributed by atoms with van der Waals surface area (Å²) in [7, 11) is -1.79. The highest BCUT2D eigenvalue weighted by molar-refractivity contribution is 7.85. The van der Waals surface area contributed by atoms with E-state index >= 15 is 0 Å². The van der Waals surface area contributed by atoms with E-state index in [1.807, 2.05) is 30.3 Å². The summed E-state index contributed by atoms with van der Waals surface area (Å²) in [4.78, 5) is 12.6. The van der Waals surface area contributed by atoms with E-state index in [2.05, 4.69) is 7.05 Å². The third-order valence-electron chi connectivity index (χ3n) is 6.57. The second kappa shape index (κ2) is 8.49. The van der Waals surface area contributed by atoms with Gasteiger partial charge in [-0.3, -0.25) is 9.35 Å². The molecule has 3 atom stereocenters. The number of fused-ring (bicyclic) bond motifs is 2. The van der Waals surface area contributed by atoms with Gasteiger partial charge in [0.15, 0.2) is 0 Å². The zero-order chi connectivity index (χ0) is 20.4. The number of benzene rings is 1. The number of aliphatic hydroxyl groups excluding tert-OH is 1. The molecule has 2 heterocycles. The van der Waals surface area contributed by atoms with Crippen LogP contribution in [0, 0.1) is 0 Å². The largest absolute Gasteiger partial charge is 0.461 e. The standard InChI is InChI=1S/C20H29NO6S/c1-21(10-5-11-28(24,25)26)16-8-9-17(21)13-18(12-16)27-20(23)19(14-22)15-6-3-2-4-7-15/h2-4,6-7,16-19,22H,5,8-14H2,1H3/p+1. The fourth-order valence-electron chi connectivity index (χ4n) is 4.99. The normalized spacial score (nSPS) is 30.8.